The van der Waals surface area contributed by atoms with Crippen molar-refractivity contribution in [2.24, 2.45) is 0 Å². The summed E-state index contributed by atoms with van der Waals surface area (Å²) in [4.78, 5) is 40.3. The maximum Gasteiger partial charge on any atom is 0.303 e. The molecule has 26 heteroatoms. The third kappa shape index (κ3) is 16.9. The van der Waals surface area contributed by atoms with Crippen molar-refractivity contribution in [3.8, 4) is 0 Å². The van der Waals surface area contributed by atoms with Crippen LogP contribution in [-0.2, 0) is 80.6 Å². The first-order valence-electron chi connectivity index (χ1n) is 39.4. The summed E-state index contributed by atoms with van der Waals surface area (Å²) in [5, 5.41) is 29.5. The van der Waals surface area contributed by atoms with E-state index in [9.17, 15) is 24.9 Å². The monoisotopic (exact) mass is 1530 g/mol. The molecule has 12 saturated heterocycles. The van der Waals surface area contributed by atoms with Gasteiger partial charge in [0.2, 0.25) is 30.2 Å². The summed E-state index contributed by atoms with van der Waals surface area (Å²) in [7, 11) is 0. The van der Waals surface area contributed by atoms with Crippen molar-refractivity contribution in [1.29, 1.82) is 0 Å². The number of fused-ring (bicyclic) bond motifs is 7. The minimum absolute atomic E-state index is 0.00355. The maximum absolute atomic E-state index is 11.3. The first-order chi connectivity index (χ1) is 50.2. The summed E-state index contributed by atoms with van der Waals surface area (Å²) in [6, 6.07) is -0.0222. The molecule has 10 bridgehead atoms. The van der Waals surface area contributed by atoms with Gasteiger partial charge in [-0.1, -0.05) is 28.4 Å². The predicted octanol–water partition coefficient (Wildman–Crippen LogP) is 10.7. The molecule has 0 radical (unpaired) electrons. The number of ether oxygens (including phenoxy) is 15. The van der Waals surface area contributed by atoms with Gasteiger partial charge < -0.3 is 111 Å². The van der Waals surface area contributed by atoms with Crippen molar-refractivity contribution in [3.63, 3.8) is 0 Å². The molecule has 6 spiro atoms. The second kappa shape index (κ2) is 32.7. The first kappa shape index (κ1) is 79.1. The summed E-state index contributed by atoms with van der Waals surface area (Å²) < 4.78 is 91.1. The number of nitrogens with zero attached hydrogens (tertiary/aromatic N) is 5. The molecule has 580 valence electrons. The number of halogens is 1. The Kier molecular flexibility index (Phi) is 24.6. The number of rotatable bonds is 12. The Hall–Kier alpha value is -4.03. The van der Waals surface area contributed by atoms with Crippen molar-refractivity contribution < 1.29 is 96.0 Å². The number of hydrogen-bond donors (Lipinski definition) is 3. The van der Waals surface area contributed by atoms with Gasteiger partial charge >= 0.3 is 11.9 Å². The van der Waals surface area contributed by atoms with Gasteiger partial charge in [0.05, 0.1) is 120 Å². The third-order valence-electron chi connectivity index (χ3n) is 25.7. The Balaban J connectivity index is 0.000000117. The molecule has 0 aromatic rings. The molecule has 3 N–H and O–H groups in total. The first-order valence-corrected chi connectivity index (χ1v) is 40.3. The van der Waals surface area contributed by atoms with Crippen LogP contribution in [0.15, 0.2) is 12.2 Å². The number of aliphatic hydroxyl groups is 3. The highest BCUT2D eigenvalue weighted by molar-refractivity contribution is 9.09. The Bertz CT molecular complexity index is 3300. The van der Waals surface area contributed by atoms with Crippen molar-refractivity contribution >= 4 is 27.9 Å². The second-order valence-electron chi connectivity index (χ2n) is 33.8. The highest BCUT2D eigenvalue weighted by Crippen LogP contribution is 2.58. The predicted molar refractivity (Wildman–Crippen MR) is 380 cm³/mol. The van der Waals surface area contributed by atoms with Crippen LogP contribution in [0, 0.1) is 32.9 Å². The number of hydrogen-bond acceptors (Lipinski definition) is 20. The van der Waals surface area contributed by atoms with Crippen molar-refractivity contribution in [2.75, 3.05) is 6.61 Å². The minimum Gasteiger partial charge on any atom is -0.459 e. The molecule has 3 unspecified atom stereocenters. The molecule has 12 heterocycles. The lowest BCUT2D eigenvalue weighted by molar-refractivity contribution is -0.223. The summed E-state index contributed by atoms with van der Waals surface area (Å²) in [5.41, 5.74) is -1.69. The highest BCUT2D eigenvalue weighted by Gasteiger charge is 2.67. The van der Waals surface area contributed by atoms with E-state index in [1.807, 2.05) is 46.8 Å². The summed E-state index contributed by atoms with van der Waals surface area (Å²) in [5.74, 6) is -0.905. The molecule has 33 atom stereocenters. The van der Waals surface area contributed by atoms with Gasteiger partial charge in [-0.25, -0.2) is 32.9 Å². The molecule has 0 amide bonds. The lowest BCUT2D eigenvalue weighted by Crippen LogP contribution is -2.54. The molecule has 25 nitrogen and oxygen atoms in total. The Morgan fingerprint density at radius 2 is 0.886 bits per heavy atom. The van der Waals surface area contributed by atoms with E-state index < -0.39 is 24.1 Å². The summed E-state index contributed by atoms with van der Waals surface area (Å²) in [6.07, 6.45) is 26.5. The van der Waals surface area contributed by atoms with Gasteiger partial charge in [-0.2, -0.15) is 0 Å². The fourth-order valence-electron chi connectivity index (χ4n) is 20.9. The van der Waals surface area contributed by atoms with E-state index in [-0.39, 0.29) is 191 Å². The molecule has 12 aliphatic heterocycles. The number of alkyl halides is 1. The molecule has 17 rings (SSSR count). The van der Waals surface area contributed by atoms with Gasteiger partial charge in [0.25, 0.3) is 0 Å². The Morgan fingerprint density at radius 3 is 1.42 bits per heavy atom. The van der Waals surface area contributed by atoms with Crippen molar-refractivity contribution in [1.82, 2.24) is 0 Å². The number of esters is 2. The van der Waals surface area contributed by atoms with Gasteiger partial charge in [0.15, 0.2) is 12.1 Å². The van der Waals surface area contributed by atoms with Crippen LogP contribution < -0.4 is 0 Å². The molecular weight excluding hydrogens is 1420 g/mol. The molecule has 4 saturated carbocycles. The quantitative estimate of drug-likeness (QED) is 0.0710. The average molecular weight is 1530 g/mol. The largest absolute Gasteiger partial charge is 0.459 e. The van der Waals surface area contributed by atoms with Crippen LogP contribution in [0.1, 0.15) is 228 Å². The smallest absolute Gasteiger partial charge is 0.303 e. The van der Waals surface area contributed by atoms with Gasteiger partial charge in [-0.05, 0) is 89.5 Å². The van der Waals surface area contributed by atoms with Crippen molar-refractivity contribution in [3.05, 3.63) is 69.2 Å². The molecule has 5 aliphatic carbocycles. The zero-order valence-corrected chi connectivity index (χ0v) is 63.8. The van der Waals surface area contributed by atoms with E-state index in [2.05, 4.69) is 40.2 Å². The maximum atomic E-state index is 11.3. The normalized spacial score (nSPS) is 46.7. The SMILES string of the molecule is [C-]#[N+][C@H](C)C[C@H]1CC[C@@H]2O[C@@H]3C[C@]2(C=C[C@H]3OC(C)=O)O1.[C-]#[N+][C@H](C)C[C@H]1CC[C@@H]2O[C@@H]3C[C@]2(COC3O)O1.[C-]#[N+][C@H](C)C[C@H]1CC[C@@H]2O[C@@H]3C[C@]2(C[C@@H](O)C3O)O1.[C-]#[N+][C@H](C)C[C@H]1CC[C@@H]2O[C@@H]3C[C@]2(C[C@H](Br)[C@H]3OC(C)=O)O1.[C-]#[N+][C@H](C)C[C@H]1CC[C@@H]2O[C@@H]3C[C@]2(C[C@H]2OC4(CCCCC4)OC32)O1. The lowest BCUT2D eigenvalue weighted by atomic mass is 9.76. The van der Waals surface area contributed by atoms with E-state index in [0.717, 1.165) is 141 Å². The Morgan fingerprint density at radius 1 is 0.467 bits per heavy atom. The summed E-state index contributed by atoms with van der Waals surface area (Å²) in [6.45, 7) is 48.5. The van der Waals surface area contributed by atoms with Crippen LogP contribution in [0.25, 0.3) is 24.2 Å². The van der Waals surface area contributed by atoms with Gasteiger partial charge in [-0.3, -0.25) is 9.59 Å². The molecule has 16 fully saturated rings. The minimum atomic E-state index is -0.814. The van der Waals surface area contributed by atoms with Gasteiger partial charge in [0, 0.05) is 138 Å². The topological polar surface area (TPSA) is 255 Å². The standard InChI is InChI=1S/C20H29NO4.C16H22BrNO4.C16H21NO4.C14H21NO4.C13H19NO4/c1-13(21-2)10-14-6-7-17-19(23-14)11-15(22-17)18-16(12-19)24-20(25-18)8-4-3-5-9-20;1-9(18-3)6-11-4-5-14-16(22-11)7-12(17)15(20-10(2)19)13(8-16)21-14;1-10(17-3)8-12-4-5-15-16(21-12)7-6-13(19-11(2)18)14(9-16)20-15;1-8(15-2)5-9-3-4-12-14(19-9)6-10(16)13(17)11(7-14)18-12;1-8(14-2)5-9-3-4-11-13(18-9)6-10(17-11)12(15)16-7-13/h13-18H,3-12H2,1H3;9,11-15H,4-8H2,1-2H3;6-7,10,12-15H,4-5,8-9H2,1-2H3;8-13,16-17H,3-7H2,1H3;8-12,15H,3-7H2,1H3/t13-,14-,15-,16-,17+,18?,19-;9-,11-,12+,13-,14+,15-,16+;10-,12-,13-,14-,15+,16+;8-,9-,10-,11-,12+,13?,14+;8-,9-,10-,11+,12?,13-/m11111/s1. The fourth-order valence-corrected chi connectivity index (χ4v) is 21.8. The Labute approximate surface area is 628 Å². The molecule has 0 aromatic heterocycles. The average Bonchev–Trinajstić information content (AvgIpc) is 1.57. The molecule has 105 heavy (non-hydrogen) atoms. The van der Waals surface area contributed by atoms with Crippen molar-refractivity contribution in [2.45, 2.75) is 432 Å². The van der Waals surface area contributed by atoms with Crippen LogP contribution in [0.3, 0.4) is 0 Å². The van der Waals surface area contributed by atoms with Crippen LogP contribution in [0.2, 0.25) is 0 Å². The van der Waals surface area contributed by atoms with E-state index in [1.54, 1.807) is 0 Å². The van der Waals surface area contributed by atoms with Crippen LogP contribution >= 0.6 is 15.9 Å². The van der Waals surface area contributed by atoms with Crippen LogP contribution in [0.4, 0.5) is 0 Å². The van der Waals surface area contributed by atoms with Crippen LogP contribution in [-0.4, -0.2) is 237 Å². The van der Waals surface area contributed by atoms with E-state index in [4.69, 9.17) is 104 Å². The highest BCUT2D eigenvalue weighted by atomic mass is 79.9. The molecular formula is C79H112BrN5O20. The third-order valence-corrected chi connectivity index (χ3v) is 26.6. The zero-order chi connectivity index (χ0) is 74.4. The number of carbonyl (C=O) groups is 2. The summed E-state index contributed by atoms with van der Waals surface area (Å²) >= 11 is 3.66. The molecule has 17 aliphatic rings. The number of carbonyl (C=O) groups excluding carboxylic acids is 2. The van der Waals surface area contributed by atoms with E-state index in [1.165, 1.54) is 33.1 Å². The molecule has 0 aromatic carbocycles. The second-order valence-corrected chi connectivity index (χ2v) is 35.0. The van der Waals surface area contributed by atoms with E-state index in [0.29, 0.717) is 25.9 Å². The zero-order valence-electron chi connectivity index (χ0n) is 62.2. The van der Waals surface area contributed by atoms with Crippen LogP contribution in [0.5, 0.6) is 0 Å². The fraction of sp³-hybridized carbons (Fsp3) is 0.886. The van der Waals surface area contributed by atoms with E-state index >= 15 is 0 Å². The van der Waals surface area contributed by atoms with Gasteiger partial charge in [0.1, 0.15) is 47.8 Å². The van der Waals surface area contributed by atoms with Gasteiger partial charge in [-0.15, -0.1) is 0 Å². The number of aliphatic hydroxyl groups excluding tert-OH is 3. The lowest BCUT2D eigenvalue weighted by Gasteiger charge is -2.45.